The maximum Gasteiger partial charge on any atom is 0.304 e. The van der Waals surface area contributed by atoms with Crippen LogP contribution in [0.2, 0.25) is 0 Å². The molecule has 0 radical (unpaired) electrons. The molecule has 1 atom stereocenters. The Labute approximate surface area is 121 Å². The van der Waals surface area contributed by atoms with Gasteiger partial charge in [0.2, 0.25) is 0 Å². The number of piperazine rings is 1. The summed E-state index contributed by atoms with van der Waals surface area (Å²) in [7, 11) is 0. The summed E-state index contributed by atoms with van der Waals surface area (Å²) in [5.74, 6) is -0.760. The minimum absolute atomic E-state index is 0.0276. The van der Waals surface area contributed by atoms with Crippen LogP contribution in [0.1, 0.15) is 20.3 Å². The van der Waals surface area contributed by atoms with Crippen molar-refractivity contribution in [2.75, 3.05) is 18.0 Å². The van der Waals surface area contributed by atoms with Gasteiger partial charge < -0.3 is 15.3 Å². The molecule has 0 amide bonds. The van der Waals surface area contributed by atoms with E-state index in [4.69, 9.17) is 5.11 Å². The number of aliphatic carboxylic acids is 1. The van der Waals surface area contributed by atoms with E-state index in [1.807, 2.05) is 12.1 Å². The van der Waals surface area contributed by atoms with Crippen LogP contribution in [0.5, 0.6) is 0 Å². The molecule has 19 heavy (non-hydrogen) atoms. The van der Waals surface area contributed by atoms with Gasteiger partial charge in [-0.05, 0) is 32.0 Å². The first kappa shape index (κ1) is 14.3. The Balaban J connectivity index is 2.18. The highest BCUT2D eigenvalue weighted by atomic mass is 79.9. The van der Waals surface area contributed by atoms with Crippen molar-refractivity contribution in [1.82, 2.24) is 5.32 Å². The van der Waals surface area contributed by atoms with Crippen molar-refractivity contribution in [2.45, 2.75) is 31.8 Å². The fourth-order valence-electron chi connectivity index (χ4n) is 2.65. The second-order valence-corrected chi connectivity index (χ2v) is 6.60. The predicted octanol–water partition coefficient (Wildman–Crippen LogP) is 2.48. The molecule has 1 heterocycles. The number of nitrogens with one attached hydrogen (secondary N) is 1. The van der Waals surface area contributed by atoms with Gasteiger partial charge in [0.15, 0.2) is 0 Å². The van der Waals surface area contributed by atoms with E-state index in [-0.39, 0.29) is 18.0 Å². The number of carboxylic acid groups (broad SMARTS) is 1. The third kappa shape index (κ3) is 3.94. The quantitative estimate of drug-likeness (QED) is 0.896. The smallest absolute Gasteiger partial charge is 0.304 e. The van der Waals surface area contributed by atoms with E-state index in [0.717, 1.165) is 16.7 Å². The average Bonchev–Trinajstić information content (AvgIpc) is 2.25. The van der Waals surface area contributed by atoms with Gasteiger partial charge in [-0.25, -0.2) is 0 Å². The van der Waals surface area contributed by atoms with Crippen LogP contribution < -0.4 is 10.2 Å². The molecule has 1 fully saturated rings. The van der Waals surface area contributed by atoms with Crippen molar-refractivity contribution in [2.24, 2.45) is 0 Å². The highest BCUT2D eigenvalue weighted by Gasteiger charge is 2.32. The van der Waals surface area contributed by atoms with Gasteiger partial charge in [-0.2, -0.15) is 0 Å². The summed E-state index contributed by atoms with van der Waals surface area (Å²) in [6, 6.07) is 8.09. The lowest BCUT2D eigenvalue weighted by atomic mass is 9.96. The number of carboxylic acids is 1. The SMILES string of the molecule is CC1(C)CN(c2cccc(Br)c2)CC(CC(=O)O)N1. The van der Waals surface area contributed by atoms with Crippen molar-refractivity contribution >= 4 is 27.6 Å². The van der Waals surface area contributed by atoms with Gasteiger partial charge in [0.25, 0.3) is 0 Å². The number of halogens is 1. The Kier molecular flexibility index (Phi) is 4.16. The fourth-order valence-corrected chi connectivity index (χ4v) is 3.03. The number of hydrogen-bond donors (Lipinski definition) is 2. The average molecular weight is 327 g/mol. The molecule has 1 aliphatic rings. The summed E-state index contributed by atoms with van der Waals surface area (Å²) in [6.07, 6.45) is 0.147. The summed E-state index contributed by atoms with van der Waals surface area (Å²) in [4.78, 5) is 13.2. The van der Waals surface area contributed by atoms with Gasteiger partial charge in [0, 0.05) is 34.8 Å². The van der Waals surface area contributed by atoms with Crippen LogP contribution in [0.25, 0.3) is 0 Å². The lowest BCUT2D eigenvalue weighted by molar-refractivity contribution is -0.137. The van der Waals surface area contributed by atoms with E-state index in [1.165, 1.54) is 0 Å². The normalized spacial score (nSPS) is 22.3. The number of benzene rings is 1. The standard InChI is InChI=1S/C14H19BrN2O2/c1-14(2)9-17(8-11(16-14)7-13(18)19)12-5-3-4-10(15)6-12/h3-6,11,16H,7-9H2,1-2H3,(H,18,19). The van der Waals surface area contributed by atoms with Crippen LogP contribution in [0.15, 0.2) is 28.7 Å². The van der Waals surface area contributed by atoms with E-state index in [1.54, 1.807) is 0 Å². The molecule has 0 aromatic heterocycles. The van der Waals surface area contributed by atoms with Gasteiger partial charge >= 0.3 is 5.97 Å². The summed E-state index contributed by atoms with van der Waals surface area (Å²) < 4.78 is 1.04. The Morgan fingerprint density at radius 2 is 2.32 bits per heavy atom. The van der Waals surface area contributed by atoms with Gasteiger partial charge in [0.05, 0.1) is 6.42 Å². The fraction of sp³-hybridized carbons (Fsp3) is 0.500. The maximum atomic E-state index is 10.9. The number of rotatable bonds is 3. The number of carbonyl (C=O) groups is 1. The zero-order valence-electron chi connectivity index (χ0n) is 11.2. The zero-order chi connectivity index (χ0) is 14.0. The molecule has 104 valence electrons. The summed E-state index contributed by atoms with van der Waals surface area (Å²) >= 11 is 3.48. The van der Waals surface area contributed by atoms with Crippen LogP contribution in [0, 0.1) is 0 Å². The molecule has 0 spiro atoms. The summed E-state index contributed by atoms with van der Waals surface area (Å²) in [5.41, 5.74) is 1.03. The number of nitrogens with zero attached hydrogens (tertiary/aromatic N) is 1. The first-order valence-corrected chi connectivity index (χ1v) is 7.15. The van der Waals surface area contributed by atoms with Crippen molar-refractivity contribution in [1.29, 1.82) is 0 Å². The first-order chi connectivity index (χ1) is 8.85. The molecular formula is C14H19BrN2O2. The molecule has 1 unspecified atom stereocenters. The molecular weight excluding hydrogens is 308 g/mol. The van der Waals surface area contributed by atoms with E-state index >= 15 is 0 Å². The Hall–Kier alpha value is -1.07. The number of anilines is 1. The van der Waals surface area contributed by atoms with Gasteiger partial charge in [0.1, 0.15) is 0 Å². The second kappa shape index (κ2) is 5.51. The Bertz CT molecular complexity index is 476. The monoisotopic (exact) mass is 326 g/mol. The molecule has 1 saturated heterocycles. The van der Waals surface area contributed by atoms with Crippen molar-refractivity contribution in [3.63, 3.8) is 0 Å². The third-order valence-electron chi connectivity index (χ3n) is 3.22. The zero-order valence-corrected chi connectivity index (χ0v) is 12.8. The lowest BCUT2D eigenvalue weighted by Gasteiger charge is -2.44. The molecule has 4 nitrogen and oxygen atoms in total. The van der Waals surface area contributed by atoms with Crippen LogP contribution in [0.3, 0.4) is 0 Å². The highest BCUT2D eigenvalue weighted by molar-refractivity contribution is 9.10. The Morgan fingerprint density at radius 1 is 1.58 bits per heavy atom. The van der Waals surface area contributed by atoms with Gasteiger partial charge in [-0.15, -0.1) is 0 Å². The second-order valence-electron chi connectivity index (χ2n) is 5.68. The van der Waals surface area contributed by atoms with Crippen LogP contribution in [-0.2, 0) is 4.79 Å². The molecule has 2 rings (SSSR count). The summed E-state index contributed by atoms with van der Waals surface area (Å²) in [5, 5.41) is 12.4. The largest absolute Gasteiger partial charge is 0.481 e. The molecule has 1 aromatic rings. The van der Waals surface area contributed by atoms with Crippen LogP contribution in [0.4, 0.5) is 5.69 Å². The lowest BCUT2D eigenvalue weighted by Crippen LogP contribution is -2.62. The van der Waals surface area contributed by atoms with Gasteiger partial charge in [-0.1, -0.05) is 22.0 Å². The first-order valence-electron chi connectivity index (χ1n) is 6.36. The Morgan fingerprint density at radius 3 is 2.95 bits per heavy atom. The topological polar surface area (TPSA) is 52.6 Å². The van der Waals surface area contributed by atoms with E-state index < -0.39 is 5.97 Å². The molecule has 0 bridgehead atoms. The van der Waals surface area contributed by atoms with Crippen LogP contribution >= 0.6 is 15.9 Å². The molecule has 0 aliphatic carbocycles. The molecule has 1 aliphatic heterocycles. The van der Waals surface area contributed by atoms with Crippen LogP contribution in [-0.4, -0.2) is 35.7 Å². The van der Waals surface area contributed by atoms with Crippen molar-refractivity contribution in [3.05, 3.63) is 28.7 Å². The summed E-state index contributed by atoms with van der Waals surface area (Å²) in [6.45, 7) is 5.78. The molecule has 5 heteroatoms. The van der Waals surface area contributed by atoms with E-state index in [2.05, 4.69) is 52.1 Å². The highest BCUT2D eigenvalue weighted by Crippen LogP contribution is 2.25. The van der Waals surface area contributed by atoms with Crippen molar-refractivity contribution < 1.29 is 9.90 Å². The molecule has 2 N–H and O–H groups in total. The molecule has 1 aromatic carbocycles. The predicted molar refractivity (Wildman–Crippen MR) is 79.6 cm³/mol. The minimum Gasteiger partial charge on any atom is -0.481 e. The van der Waals surface area contributed by atoms with Crippen molar-refractivity contribution in [3.8, 4) is 0 Å². The number of hydrogen-bond acceptors (Lipinski definition) is 3. The van der Waals surface area contributed by atoms with E-state index in [0.29, 0.717) is 6.54 Å². The van der Waals surface area contributed by atoms with Gasteiger partial charge in [-0.3, -0.25) is 4.79 Å². The minimum atomic E-state index is -0.760. The molecule has 0 saturated carbocycles. The maximum absolute atomic E-state index is 10.9. The van der Waals surface area contributed by atoms with E-state index in [9.17, 15) is 4.79 Å². The third-order valence-corrected chi connectivity index (χ3v) is 3.71.